The van der Waals surface area contributed by atoms with Crippen LogP contribution in [0.2, 0.25) is 0 Å². The molecule has 4 heteroatoms. The van der Waals surface area contributed by atoms with Crippen molar-refractivity contribution in [2.24, 2.45) is 0 Å². The Kier molecular flexibility index (Phi) is 3.74. The molecule has 0 spiro atoms. The summed E-state index contributed by atoms with van der Waals surface area (Å²) < 4.78 is 27.8. The summed E-state index contributed by atoms with van der Waals surface area (Å²) in [6.45, 7) is 5.47. The van der Waals surface area contributed by atoms with Gasteiger partial charge >= 0.3 is 0 Å². The van der Waals surface area contributed by atoms with E-state index >= 15 is 0 Å². The van der Waals surface area contributed by atoms with Crippen LogP contribution >= 0.6 is 22.9 Å². The molecule has 0 aliphatic heterocycles. The molecule has 1 atom stereocenters. The first-order valence-electron chi connectivity index (χ1n) is 5.57. The van der Waals surface area contributed by atoms with E-state index in [2.05, 4.69) is 0 Å². The van der Waals surface area contributed by atoms with Gasteiger partial charge in [-0.25, -0.2) is 8.78 Å². The Morgan fingerprint density at radius 2 is 1.83 bits per heavy atom. The maximum Gasteiger partial charge on any atom is 0.134 e. The molecule has 18 heavy (non-hydrogen) atoms. The molecule has 1 aromatic carbocycles. The van der Waals surface area contributed by atoms with Gasteiger partial charge in [0.1, 0.15) is 11.6 Å². The third-order valence-electron chi connectivity index (χ3n) is 2.93. The van der Waals surface area contributed by atoms with E-state index in [0.717, 1.165) is 15.3 Å². The van der Waals surface area contributed by atoms with Crippen LogP contribution in [0.3, 0.4) is 0 Å². The van der Waals surface area contributed by atoms with E-state index in [4.69, 9.17) is 11.6 Å². The third kappa shape index (κ3) is 2.29. The number of hydrogen-bond acceptors (Lipinski definition) is 1. The molecule has 1 unspecified atom stereocenters. The van der Waals surface area contributed by atoms with Gasteiger partial charge in [-0.1, -0.05) is 6.07 Å². The van der Waals surface area contributed by atoms with Crippen LogP contribution in [0.15, 0.2) is 18.2 Å². The van der Waals surface area contributed by atoms with E-state index in [9.17, 15) is 8.78 Å². The smallest absolute Gasteiger partial charge is 0.134 e. The number of thiophene rings is 1. The standard InChI is InChI=1S/C14H13ClF2S/c1-7-4-5-11(16)12(14(7)17)13(15)10-6-8(2)18-9(10)3/h4-6,13H,1-3H3. The minimum Gasteiger partial charge on any atom is -0.207 e. The number of halogens is 3. The van der Waals surface area contributed by atoms with Crippen molar-refractivity contribution < 1.29 is 8.78 Å². The summed E-state index contributed by atoms with van der Waals surface area (Å²) >= 11 is 7.84. The molecule has 0 bridgehead atoms. The van der Waals surface area contributed by atoms with Crippen molar-refractivity contribution in [1.82, 2.24) is 0 Å². The van der Waals surface area contributed by atoms with Crippen LogP contribution in [0.4, 0.5) is 8.78 Å². The van der Waals surface area contributed by atoms with Gasteiger partial charge in [-0.2, -0.15) is 0 Å². The molecule has 0 saturated carbocycles. The zero-order valence-corrected chi connectivity index (χ0v) is 11.9. The average Bonchev–Trinajstić information content (AvgIpc) is 2.63. The van der Waals surface area contributed by atoms with Crippen LogP contribution in [0, 0.1) is 32.4 Å². The minimum atomic E-state index is -0.783. The first-order chi connectivity index (χ1) is 8.41. The summed E-state index contributed by atoms with van der Waals surface area (Å²) in [4.78, 5) is 2.08. The van der Waals surface area contributed by atoms with Gasteiger partial charge in [0.25, 0.3) is 0 Å². The molecule has 0 radical (unpaired) electrons. The van der Waals surface area contributed by atoms with E-state index in [1.54, 1.807) is 18.3 Å². The highest BCUT2D eigenvalue weighted by Gasteiger charge is 2.23. The van der Waals surface area contributed by atoms with Gasteiger partial charge in [-0.3, -0.25) is 0 Å². The van der Waals surface area contributed by atoms with Gasteiger partial charge in [0.15, 0.2) is 0 Å². The van der Waals surface area contributed by atoms with E-state index in [1.165, 1.54) is 12.1 Å². The van der Waals surface area contributed by atoms with Crippen molar-refractivity contribution >= 4 is 22.9 Å². The van der Waals surface area contributed by atoms with Crippen LogP contribution in [-0.2, 0) is 0 Å². The van der Waals surface area contributed by atoms with Crippen molar-refractivity contribution in [2.45, 2.75) is 26.1 Å². The van der Waals surface area contributed by atoms with Crippen molar-refractivity contribution in [3.05, 3.63) is 56.3 Å². The molecule has 0 fully saturated rings. The maximum absolute atomic E-state index is 14.0. The van der Waals surface area contributed by atoms with Crippen LogP contribution in [-0.4, -0.2) is 0 Å². The van der Waals surface area contributed by atoms with Crippen LogP contribution in [0.1, 0.15) is 31.8 Å². The molecule has 0 N–H and O–H groups in total. The number of aryl methyl sites for hydroxylation is 3. The third-order valence-corrected chi connectivity index (χ3v) is 4.36. The second-order valence-corrected chi connectivity index (χ2v) is 6.22. The first-order valence-corrected chi connectivity index (χ1v) is 6.82. The molecule has 0 saturated heterocycles. The maximum atomic E-state index is 14.0. The lowest BCUT2D eigenvalue weighted by molar-refractivity contribution is 0.553. The number of rotatable bonds is 2. The average molecular weight is 287 g/mol. The van der Waals surface area contributed by atoms with E-state index in [0.29, 0.717) is 5.56 Å². The fourth-order valence-electron chi connectivity index (χ4n) is 1.97. The normalized spacial score (nSPS) is 12.8. The highest BCUT2D eigenvalue weighted by molar-refractivity contribution is 7.12. The summed E-state index contributed by atoms with van der Waals surface area (Å²) in [5.41, 5.74) is 1.13. The second kappa shape index (κ2) is 4.98. The number of benzene rings is 1. The first kappa shape index (κ1) is 13.5. The van der Waals surface area contributed by atoms with Gasteiger partial charge in [-0.05, 0) is 44.0 Å². The molecule has 0 aliphatic rings. The number of alkyl halides is 1. The molecule has 0 aliphatic carbocycles. The van der Waals surface area contributed by atoms with E-state index < -0.39 is 17.0 Å². The predicted molar refractivity (Wildman–Crippen MR) is 72.6 cm³/mol. The fraction of sp³-hybridized carbons (Fsp3) is 0.286. The van der Waals surface area contributed by atoms with E-state index in [-0.39, 0.29) is 5.56 Å². The Hall–Kier alpha value is -0.930. The van der Waals surface area contributed by atoms with Gasteiger partial charge < -0.3 is 0 Å². The van der Waals surface area contributed by atoms with Crippen LogP contribution < -0.4 is 0 Å². The predicted octanol–water partition coefficient (Wildman–Crippen LogP) is 5.28. The lowest BCUT2D eigenvalue weighted by atomic mass is 10.0. The molecule has 2 rings (SSSR count). The monoisotopic (exact) mass is 286 g/mol. The van der Waals surface area contributed by atoms with Crippen molar-refractivity contribution in [2.75, 3.05) is 0 Å². The Morgan fingerprint density at radius 3 is 2.39 bits per heavy atom. The number of hydrogen-bond donors (Lipinski definition) is 0. The SMILES string of the molecule is Cc1cc(C(Cl)c2c(F)ccc(C)c2F)c(C)s1. The lowest BCUT2D eigenvalue weighted by Crippen LogP contribution is -2.03. The van der Waals surface area contributed by atoms with Crippen molar-refractivity contribution in [3.8, 4) is 0 Å². The second-order valence-electron chi connectivity index (χ2n) is 4.32. The van der Waals surface area contributed by atoms with Gasteiger partial charge in [-0.15, -0.1) is 22.9 Å². The quantitative estimate of drug-likeness (QED) is 0.659. The van der Waals surface area contributed by atoms with E-state index in [1.807, 2.05) is 19.9 Å². The molecular weight excluding hydrogens is 274 g/mol. The Labute approximate surface area is 114 Å². The summed E-state index contributed by atoms with van der Waals surface area (Å²) in [6.07, 6.45) is 0. The Balaban J connectivity index is 2.56. The van der Waals surface area contributed by atoms with Crippen LogP contribution in [0.5, 0.6) is 0 Å². The van der Waals surface area contributed by atoms with Crippen molar-refractivity contribution in [3.63, 3.8) is 0 Å². The van der Waals surface area contributed by atoms with Gasteiger partial charge in [0, 0.05) is 15.3 Å². The summed E-state index contributed by atoms with van der Waals surface area (Å²) in [5.74, 6) is -1.15. The molecule has 1 heterocycles. The zero-order chi connectivity index (χ0) is 13.4. The Morgan fingerprint density at radius 1 is 1.17 bits per heavy atom. The lowest BCUT2D eigenvalue weighted by Gasteiger charge is -2.13. The fourth-order valence-corrected chi connectivity index (χ4v) is 3.42. The van der Waals surface area contributed by atoms with Gasteiger partial charge in [0.05, 0.1) is 5.38 Å². The van der Waals surface area contributed by atoms with Crippen LogP contribution in [0.25, 0.3) is 0 Å². The molecule has 2 aromatic rings. The van der Waals surface area contributed by atoms with Crippen molar-refractivity contribution in [1.29, 1.82) is 0 Å². The molecule has 96 valence electrons. The summed E-state index contributed by atoms with van der Waals surface area (Å²) in [5, 5.41) is -0.783. The zero-order valence-electron chi connectivity index (χ0n) is 10.4. The largest absolute Gasteiger partial charge is 0.207 e. The Bertz CT molecular complexity index is 590. The van der Waals surface area contributed by atoms with Gasteiger partial charge in [0.2, 0.25) is 0 Å². The topological polar surface area (TPSA) is 0 Å². The summed E-state index contributed by atoms with van der Waals surface area (Å²) in [6, 6.07) is 4.57. The molecule has 1 aromatic heterocycles. The highest BCUT2D eigenvalue weighted by Crippen LogP contribution is 2.38. The summed E-state index contributed by atoms with van der Waals surface area (Å²) in [7, 11) is 0. The highest BCUT2D eigenvalue weighted by atomic mass is 35.5. The molecular formula is C14H13ClF2S. The minimum absolute atomic E-state index is 0.0578. The molecule has 0 amide bonds. The molecule has 0 nitrogen and oxygen atoms in total.